The summed E-state index contributed by atoms with van der Waals surface area (Å²) in [6.45, 7) is 1.88. The fourth-order valence-corrected chi connectivity index (χ4v) is 2.39. The third kappa shape index (κ3) is 3.79. The number of pyridine rings is 1. The number of nitrogens with zero attached hydrogens (tertiary/aromatic N) is 1. The van der Waals surface area contributed by atoms with Gasteiger partial charge in [0.2, 0.25) is 0 Å². The highest BCUT2D eigenvalue weighted by molar-refractivity contribution is 7.90. The monoisotopic (exact) mass is 305 g/mol. The van der Waals surface area contributed by atoms with Crippen molar-refractivity contribution >= 4 is 27.2 Å². The van der Waals surface area contributed by atoms with Gasteiger partial charge in [0.05, 0.1) is 4.90 Å². The number of amides is 1. The summed E-state index contributed by atoms with van der Waals surface area (Å²) in [4.78, 5) is 16.2. The second kappa shape index (κ2) is 5.53. The van der Waals surface area contributed by atoms with Gasteiger partial charge in [-0.25, -0.2) is 13.4 Å². The predicted octanol–water partition coefficient (Wildman–Crippen LogP) is 1.63. The molecule has 0 saturated carbocycles. The van der Waals surface area contributed by atoms with Crippen molar-refractivity contribution in [3.05, 3.63) is 47.7 Å². The number of hydrogen-bond acceptors (Lipinski definition) is 5. The van der Waals surface area contributed by atoms with Crippen LogP contribution in [-0.4, -0.2) is 25.6 Å². The highest BCUT2D eigenvalue weighted by Crippen LogP contribution is 2.18. The molecule has 110 valence electrons. The van der Waals surface area contributed by atoms with E-state index in [1.54, 1.807) is 12.3 Å². The van der Waals surface area contributed by atoms with Crippen LogP contribution in [0.4, 0.5) is 11.5 Å². The number of carbonyl (C=O) groups excluding carboxylic acids is 1. The number of sulfone groups is 1. The molecule has 0 radical (unpaired) electrons. The Morgan fingerprint density at radius 2 is 1.95 bits per heavy atom. The highest BCUT2D eigenvalue weighted by Gasteiger charge is 2.14. The van der Waals surface area contributed by atoms with Crippen LogP contribution in [-0.2, 0) is 9.84 Å². The quantitative estimate of drug-likeness (QED) is 0.839. The summed E-state index contributed by atoms with van der Waals surface area (Å²) in [7, 11) is -3.44. The number of aryl methyl sites for hydroxylation is 1. The fourth-order valence-electron chi connectivity index (χ4n) is 1.70. The van der Waals surface area contributed by atoms with Crippen molar-refractivity contribution in [1.82, 2.24) is 4.98 Å². The average molecular weight is 305 g/mol. The molecule has 0 aliphatic heterocycles. The van der Waals surface area contributed by atoms with Gasteiger partial charge in [-0.1, -0.05) is 6.07 Å². The number of nitrogens with one attached hydrogen (secondary N) is 1. The highest BCUT2D eigenvalue weighted by atomic mass is 32.2. The van der Waals surface area contributed by atoms with Gasteiger partial charge in [-0.05, 0) is 36.8 Å². The molecule has 7 heteroatoms. The second-order valence-corrected chi connectivity index (χ2v) is 6.75. The summed E-state index contributed by atoms with van der Waals surface area (Å²) >= 11 is 0. The van der Waals surface area contributed by atoms with E-state index in [4.69, 9.17) is 5.73 Å². The van der Waals surface area contributed by atoms with Crippen LogP contribution in [0.15, 0.2) is 41.4 Å². The topological polar surface area (TPSA) is 102 Å². The molecule has 6 nitrogen and oxygen atoms in total. The standard InChI is InChI=1S/C14H15N3O3S/c1-9-3-4-13(16-8-9)17-14(18)10-5-11(15)7-12(6-10)21(2,19)20/h3-8H,15H2,1-2H3,(H,16,17,18). The largest absolute Gasteiger partial charge is 0.399 e. The molecule has 3 N–H and O–H groups in total. The Kier molecular flexibility index (Phi) is 3.95. The number of benzene rings is 1. The van der Waals surface area contributed by atoms with Gasteiger partial charge in [0.15, 0.2) is 9.84 Å². The van der Waals surface area contributed by atoms with Crippen molar-refractivity contribution in [2.24, 2.45) is 0 Å². The minimum atomic E-state index is -3.44. The van der Waals surface area contributed by atoms with E-state index in [1.807, 2.05) is 13.0 Å². The molecular formula is C14H15N3O3S. The normalized spacial score (nSPS) is 11.1. The van der Waals surface area contributed by atoms with Crippen LogP contribution in [0.3, 0.4) is 0 Å². The predicted molar refractivity (Wildman–Crippen MR) is 80.9 cm³/mol. The van der Waals surface area contributed by atoms with Crippen LogP contribution >= 0.6 is 0 Å². The number of aromatic nitrogens is 1. The molecule has 0 spiro atoms. The first-order chi connectivity index (χ1) is 9.75. The van der Waals surface area contributed by atoms with E-state index < -0.39 is 15.7 Å². The Balaban J connectivity index is 2.31. The molecule has 0 atom stereocenters. The van der Waals surface area contributed by atoms with Gasteiger partial charge in [-0.15, -0.1) is 0 Å². The summed E-state index contributed by atoms with van der Waals surface area (Å²) in [6.07, 6.45) is 2.68. The lowest BCUT2D eigenvalue weighted by atomic mass is 10.2. The molecule has 1 heterocycles. The SMILES string of the molecule is Cc1ccc(NC(=O)c2cc(N)cc(S(C)(=O)=O)c2)nc1. The molecule has 1 amide bonds. The summed E-state index contributed by atoms with van der Waals surface area (Å²) in [6, 6.07) is 7.49. The smallest absolute Gasteiger partial charge is 0.256 e. The van der Waals surface area contributed by atoms with E-state index in [0.29, 0.717) is 5.82 Å². The first kappa shape index (κ1) is 15.0. The molecule has 0 saturated heterocycles. The Morgan fingerprint density at radius 1 is 1.24 bits per heavy atom. The van der Waals surface area contributed by atoms with Crippen LogP contribution in [0.5, 0.6) is 0 Å². The molecule has 2 aromatic rings. The lowest BCUT2D eigenvalue weighted by Gasteiger charge is -2.07. The van der Waals surface area contributed by atoms with Crippen LogP contribution in [0, 0.1) is 6.92 Å². The maximum atomic E-state index is 12.1. The zero-order valence-corrected chi connectivity index (χ0v) is 12.4. The molecule has 1 aromatic carbocycles. The van der Waals surface area contributed by atoms with Crippen molar-refractivity contribution in [2.75, 3.05) is 17.3 Å². The van der Waals surface area contributed by atoms with Gasteiger partial charge < -0.3 is 11.1 Å². The van der Waals surface area contributed by atoms with E-state index in [-0.39, 0.29) is 16.1 Å². The van der Waals surface area contributed by atoms with Gasteiger partial charge in [0, 0.05) is 23.7 Å². The maximum Gasteiger partial charge on any atom is 0.256 e. The Morgan fingerprint density at radius 3 is 2.52 bits per heavy atom. The van der Waals surface area contributed by atoms with Crippen LogP contribution in [0.25, 0.3) is 0 Å². The van der Waals surface area contributed by atoms with E-state index in [1.165, 1.54) is 18.2 Å². The van der Waals surface area contributed by atoms with Gasteiger partial charge >= 0.3 is 0 Å². The fraction of sp³-hybridized carbons (Fsp3) is 0.143. The molecule has 0 aliphatic rings. The minimum absolute atomic E-state index is 0.00418. The van der Waals surface area contributed by atoms with Crippen molar-refractivity contribution in [2.45, 2.75) is 11.8 Å². The van der Waals surface area contributed by atoms with Gasteiger partial charge in [0.1, 0.15) is 5.82 Å². The number of carbonyl (C=O) groups is 1. The minimum Gasteiger partial charge on any atom is -0.399 e. The molecule has 0 unspecified atom stereocenters. The van der Waals surface area contributed by atoms with E-state index in [2.05, 4.69) is 10.3 Å². The zero-order valence-electron chi connectivity index (χ0n) is 11.6. The number of nitrogens with two attached hydrogens (primary N) is 1. The van der Waals surface area contributed by atoms with Crippen molar-refractivity contribution < 1.29 is 13.2 Å². The lowest BCUT2D eigenvalue weighted by Crippen LogP contribution is -2.14. The van der Waals surface area contributed by atoms with E-state index in [9.17, 15) is 13.2 Å². The molecule has 0 aliphatic carbocycles. The van der Waals surface area contributed by atoms with Crippen molar-refractivity contribution in [3.63, 3.8) is 0 Å². The van der Waals surface area contributed by atoms with Gasteiger partial charge in [0.25, 0.3) is 5.91 Å². The second-order valence-electron chi connectivity index (χ2n) is 4.74. The number of hydrogen-bond donors (Lipinski definition) is 2. The van der Waals surface area contributed by atoms with E-state index in [0.717, 1.165) is 11.8 Å². The average Bonchev–Trinajstić information content (AvgIpc) is 2.39. The zero-order chi connectivity index (χ0) is 15.6. The lowest BCUT2D eigenvalue weighted by molar-refractivity contribution is 0.102. The Bertz CT molecular complexity index is 784. The Hall–Kier alpha value is -2.41. The van der Waals surface area contributed by atoms with Gasteiger partial charge in [-0.2, -0.15) is 0 Å². The maximum absolute atomic E-state index is 12.1. The number of rotatable bonds is 3. The third-order valence-corrected chi connectivity index (χ3v) is 3.86. The summed E-state index contributed by atoms with van der Waals surface area (Å²) in [5.41, 5.74) is 6.99. The number of nitrogen functional groups attached to an aromatic ring is 1. The van der Waals surface area contributed by atoms with Crippen molar-refractivity contribution in [3.8, 4) is 0 Å². The molecule has 0 bridgehead atoms. The third-order valence-electron chi connectivity index (χ3n) is 2.77. The summed E-state index contributed by atoms with van der Waals surface area (Å²) < 4.78 is 23.1. The molecule has 2 rings (SSSR count). The summed E-state index contributed by atoms with van der Waals surface area (Å²) in [5, 5.41) is 2.59. The number of anilines is 2. The van der Waals surface area contributed by atoms with Crippen LogP contribution < -0.4 is 11.1 Å². The molecular weight excluding hydrogens is 290 g/mol. The summed E-state index contributed by atoms with van der Waals surface area (Å²) in [5.74, 6) is -0.0857. The first-order valence-corrected chi connectivity index (χ1v) is 7.99. The van der Waals surface area contributed by atoms with E-state index >= 15 is 0 Å². The van der Waals surface area contributed by atoms with Crippen LogP contribution in [0.1, 0.15) is 15.9 Å². The molecule has 0 fully saturated rings. The molecule has 21 heavy (non-hydrogen) atoms. The van der Waals surface area contributed by atoms with Gasteiger partial charge in [-0.3, -0.25) is 4.79 Å². The first-order valence-electron chi connectivity index (χ1n) is 6.10. The Labute approximate surface area is 122 Å². The van der Waals surface area contributed by atoms with Crippen molar-refractivity contribution in [1.29, 1.82) is 0 Å². The van der Waals surface area contributed by atoms with Crippen LogP contribution in [0.2, 0.25) is 0 Å². The molecule has 1 aromatic heterocycles.